The average Bonchev–Trinajstić information content (AvgIpc) is 3.19. The van der Waals surface area contributed by atoms with Crippen molar-refractivity contribution in [3.8, 4) is 6.07 Å². The number of morpholine rings is 1. The summed E-state index contributed by atoms with van der Waals surface area (Å²) in [6, 6.07) is 12.4. The van der Waals surface area contributed by atoms with Crippen LogP contribution in [0.2, 0.25) is 5.15 Å². The number of fused-ring (bicyclic) bond motifs is 1. The first-order valence-electron chi connectivity index (χ1n) is 11.4. The van der Waals surface area contributed by atoms with Crippen LogP contribution in [0, 0.1) is 23.2 Å². The van der Waals surface area contributed by atoms with Gasteiger partial charge in [0, 0.05) is 13.1 Å². The minimum absolute atomic E-state index is 0.0479. The Kier molecular flexibility index (Phi) is 5.99. The zero-order valence-corrected chi connectivity index (χ0v) is 19.0. The number of rotatable bonds is 4. The molecule has 1 saturated heterocycles. The Morgan fingerprint density at radius 3 is 2.66 bits per heavy atom. The van der Waals surface area contributed by atoms with E-state index in [0.29, 0.717) is 29.9 Å². The van der Waals surface area contributed by atoms with Crippen LogP contribution in [0.3, 0.4) is 0 Å². The number of benzene rings is 1. The molecule has 1 aromatic carbocycles. The van der Waals surface area contributed by atoms with Crippen molar-refractivity contribution in [2.45, 2.75) is 45.2 Å². The highest BCUT2D eigenvalue weighted by atomic mass is 35.5. The fourth-order valence-corrected chi connectivity index (χ4v) is 5.25. The lowest BCUT2D eigenvalue weighted by molar-refractivity contribution is 0.0927. The first-order chi connectivity index (χ1) is 15.6. The van der Waals surface area contributed by atoms with E-state index in [1.165, 1.54) is 31.2 Å². The number of hydrogen-bond donors (Lipinski definition) is 0. The van der Waals surface area contributed by atoms with Gasteiger partial charge in [-0.3, -0.25) is 0 Å². The van der Waals surface area contributed by atoms with Crippen molar-refractivity contribution in [2.75, 3.05) is 24.7 Å². The number of aromatic nitrogens is 4. The lowest BCUT2D eigenvalue weighted by Gasteiger charge is -2.37. The maximum absolute atomic E-state index is 9.33. The maximum Gasteiger partial charge on any atom is 0.235 e. The summed E-state index contributed by atoms with van der Waals surface area (Å²) in [5, 5.41) is 9.62. The van der Waals surface area contributed by atoms with Crippen molar-refractivity contribution in [1.29, 1.82) is 5.26 Å². The number of anilines is 1. The molecule has 2 aromatic heterocycles. The van der Waals surface area contributed by atoms with E-state index in [1.807, 2.05) is 12.1 Å². The number of imidazole rings is 1. The molecule has 5 rings (SSSR count). The standard InChI is InChI=1S/C24H27ClN6O/c1-16-7-9-17(10-8-16)14-31-21-22(25)27-20(13-26)28-23(21)29-24(31)30-11-12-32-15-19(30)18-5-3-2-4-6-18/h2-6,16-17,19H,7-12,14-15H2,1H3. The number of nitriles is 1. The second kappa shape index (κ2) is 9.05. The molecule has 1 aliphatic carbocycles. The van der Waals surface area contributed by atoms with Crippen LogP contribution >= 0.6 is 11.6 Å². The van der Waals surface area contributed by atoms with Crippen molar-refractivity contribution in [3.05, 3.63) is 46.9 Å². The monoisotopic (exact) mass is 450 g/mol. The summed E-state index contributed by atoms with van der Waals surface area (Å²) in [6.45, 7) is 5.11. The zero-order chi connectivity index (χ0) is 22.1. The molecule has 0 amide bonds. The Hall–Kier alpha value is -2.69. The molecule has 8 heteroatoms. The molecule has 0 radical (unpaired) electrons. The fraction of sp³-hybridized carbons (Fsp3) is 0.500. The Bertz CT molecular complexity index is 1130. The van der Waals surface area contributed by atoms with Gasteiger partial charge in [-0.2, -0.15) is 15.2 Å². The van der Waals surface area contributed by atoms with Crippen molar-refractivity contribution in [2.24, 2.45) is 11.8 Å². The topological polar surface area (TPSA) is 79.9 Å². The smallest absolute Gasteiger partial charge is 0.235 e. The van der Waals surface area contributed by atoms with Crippen molar-refractivity contribution in [3.63, 3.8) is 0 Å². The Morgan fingerprint density at radius 2 is 1.91 bits per heavy atom. The Morgan fingerprint density at radius 1 is 1.12 bits per heavy atom. The molecule has 1 aliphatic heterocycles. The van der Waals surface area contributed by atoms with Crippen LogP contribution in [0.1, 0.15) is 50.0 Å². The second-order valence-corrected chi connectivity index (χ2v) is 9.32. The van der Waals surface area contributed by atoms with Crippen LogP contribution in [0.5, 0.6) is 0 Å². The number of ether oxygens (including phenoxy) is 1. The van der Waals surface area contributed by atoms with Crippen LogP contribution < -0.4 is 4.90 Å². The molecule has 32 heavy (non-hydrogen) atoms. The number of halogens is 1. The zero-order valence-electron chi connectivity index (χ0n) is 18.2. The molecular weight excluding hydrogens is 424 g/mol. The molecule has 7 nitrogen and oxygen atoms in total. The molecule has 3 heterocycles. The third-order valence-corrected chi connectivity index (χ3v) is 7.05. The largest absolute Gasteiger partial charge is 0.377 e. The van der Waals surface area contributed by atoms with Gasteiger partial charge in [-0.1, -0.05) is 61.7 Å². The van der Waals surface area contributed by atoms with Gasteiger partial charge in [0.2, 0.25) is 11.8 Å². The van der Waals surface area contributed by atoms with Gasteiger partial charge in [0.1, 0.15) is 11.6 Å². The van der Waals surface area contributed by atoms with E-state index in [9.17, 15) is 5.26 Å². The molecule has 0 spiro atoms. The van der Waals surface area contributed by atoms with Gasteiger partial charge in [0.25, 0.3) is 0 Å². The van der Waals surface area contributed by atoms with Gasteiger partial charge in [0.05, 0.1) is 19.3 Å². The third-order valence-electron chi connectivity index (χ3n) is 6.79. The highest BCUT2D eigenvalue weighted by Gasteiger charge is 2.31. The summed E-state index contributed by atoms with van der Waals surface area (Å²) < 4.78 is 8.04. The van der Waals surface area contributed by atoms with Crippen LogP contribution in [0.15, 0.2) is 30.3 Å². The minimum Gasteiger partial charge on any atom is -0.377 e. The predicted molar refractivity (Wildman–Crippen MR) is 124 cm³/mol. The molecule has 2 aliphatic rings. The van der Waals surface area contributed by atoms with E-state index in [-0.39, 0.29) is 11.9 Å². The number of hydrogen-bond acceptors (Lipinski definition) is 6. The van der Waals surface area contributed by atoms with Gasteiger partial charge in [-0.05, 0) is 30.2 Å². The van der Waals surface area contributed by atoms with Gasteiger partial charge in [-0.25, -0.2) is 4.98 Å². The summed E-state index contributed by atoms with van der Waals surface area (Å²) in [6.07, 6.45) is 4.89. The Balaban J connectivity index is 1.60. The van der Waals surface area contributed by atoms with Crippen LogP contribution in [0.25, 0.3) is 11.2 Å². The first kappa shape index (κ1) is 21.2. The predicted octanol–water partition coefficient (Wildman–Crippen LogP) is 4.76. The van der Waals surface area contributed by atoms with E-state index in [2.05, 4.69) is 50.6 Å². The van der Waals surface area contributed by atoms with Crippen molar-refractivity contribution >= 4 is 28.7 Å². The molecule has 0 bridgehead atoms. The molecule has 2 fully saturated rings. The maximum atomic E-state index is 9.33. The quantitative estimate of drug-likeness (QED) is 0.533. The highest BCUT2D eigenvalue weighted by molar-refractivity contribution is 6.33. The summed E-state index contributed by atoms with van der Waals surface area (Å²) in [5.41, 5.74) is 2.39. The molecule has 1 unspecified atom stereocenters. The van der Waals surface area contributed by atoms with Crippen molar-refractivity contribution in [1.82, 2.24) is 19.5 Å². The van der Waals surface area contributed by atoms with E-state index in [1.54, 1.807) is 0 Å². The fourth-order valence-electron chi connectivity index (χ4n) is 4.99. The first-order valence-corrected chi connectivity index (χ1v) is 11.7. The molecule has 3 aromatic rings. The SMILES string of the molecule is CC1CCC(Cn2c(N3CCOCC3c3ccccc3)nc3nc(C#N)nc(Cl)c32)CC1. The van der Waals surface area contributed by atoms with Gasteiger partial charge in [-0.15, -0.1) is 0 Å². The summed E-state index contributed by atoms with van der Waals surface area (Å²) >= 11 is 6.59. The Labute approximate surface area is 193 Å². The number of nitrogens with zero attached hydrogens (tertiary/aromatic N) is 6. The average molecular weight is 451 g/mol. The second-order valence-electron chi connectivity index (χ2n) is 8.97. The lowest BCUT2D eigenvalue weighted by atomic mass is 9.83. The van der Waals surface area contributed by atoms with E-state index >= 15 is 0 Å². The van der Waals surface area contributed by atoms with Crippen molar-refractivity contribution < 1.29 is 4.74 Å². The van der Waals surface area contributed by atoms with Gasteiger partial charge in [0.15, 0.2) is 10.8 Å². The third kappa shape index (κ3) is 4.05. The summed E-state index contributed by atoms with van der Waals surface area (Å²) in [4.78, 5) is 15.8. The normalized spacial score (nSPS) is 23.9. The van der Waals surface area contributed by atoms with Crippen LogP contribution in [0.4, 0.5) is 5.95 Å². The summed E-state index contributed by atoms with van der Waals surface area (Å²) in [7, 11) is 0. The van der Waals surface area contributed by atoms with E-state index in [4.69, 9.17) is 21.3 Å². The molecule has 166 valence electrons. The molecule has 1 saturated carbocycles. The lowest BCUT2D eigenvalue weighted by Crippen LogP contribution is -2.41. The minimum atomic E-state index is 0.0479. The van der Waals surface area contributed by atoms with E-state index in [0.717, 1.165) is 30.5 Å². The summed E-state index contributed by atoms with van der Waals surface area (Å²) in [5.74, 6) is 2.23. The van der Waals surface area contributed by atoms with Crippen LogP contribution in [-0.4, -0.2) is 39.3 Å². The van der Waals surface area contributed by atoms with E-state index < -0.39 is 0 Å². The van der Waals surface area contributed by atoms with Gasteiger partial charge < -0.3 is 14.2 Å². The van der Waals surface area contributed by atoms with Gasteiger partial charge >= 0.3 is 0 Å². The van der Waals surface area contributed by atoms with Crippen LogP contribution in [-0.2, 0) is 11.3 Å². The molecule has 1 atom stereocenters. The molecule has 0 N–H and O–H groups in total. The highest BCUT2D eigenvalue weighted by Crippen LogP contribution is 2.36. The molecular formula is C24H27ClN6O.